The maximum atomic E-state index is 5.58. The van der Waals surface area contributed by atoms with E-state index in [-0.39, 0.29) is 0 Å². The Labute approximate surface area is 64.7 Å². The van der Waals surface area contributed by atoms with Crippen molar-refractivity contribution >= 4 is 30.1 Å². The molecule has 1 aromatic carbocycles. The van der Waals surface area contributed by atoms with Crippen LogP contribution in [0.1, 0.15) is 0 Å². The Morgan fingerprint density at radius 3 is 3.20 bits per heavy atom. The van der Waals surface area contributed by atoms with Crippen molar-refractivity contribution in [1.82, 2.24) is 3.98 Å². The van der Waals surface area contributed by atoms with Crippen molar-refractivity contribution in [3.05, 3.63) is 24.4 Å². The van der Waals surface area contributed by atoms with E-state index in [1.54, 1.807) is 0 Å². The van der Waals surface area contributed by atoms with Gasteiger partial charge in [0.15, 0.2) is 0 Å². The van der Waals surface area contributed by atoms with Crippen LogP contribution in [0.25, 0.3) is 9.65 Å². The number of nitrogens with zero attached hydrogens (tertiary/aromatic N) is 1. The Morgan fingerprint density at radius 1 is 1.40 bits per heavy atom. The van der Waals surface area contributed by atoms with Gasteiger partial charge in [-0.25, -0.2) is 0 Å². The molecule has 0 aliphatic heterocycles. The molecule has 0 radical (unpaired) electrons. The maximum absolute atomic E-state index is 5.58. The number of benzene rings is 1. The summed E-state index contributed by atoms with van der Waals surface area (Å²) < 4.78 is 5.51. The first-order valence-corrected chi connectivity index (χ1v) is 4.58. The zero-order valence-corrected chi connectivity index (χ0v) is 6.96. The number of rotatable bonds is 0. The fourth-order valence-electron chi connectivity index (χ4n) is 0.891. The average Bonchev–Trinajstić information content (AvgIpc) is 2.33. The van der Waals surface area contributed by atoms with Crippen LogP contribution in [0.4, 0.5) is 5.69 Å². The van der Waals surface area contributed by atoms with Gasteiger partial charge in [-0.15, -0.1) is 0 Å². The van der Waals surface area contributed by atoms with E-state index in [4.69, 9.17) is 5.73 Å². The van der Waals surface area contributed by atoms with Crippen LogP contribution in [0.15, 0.2) is 24.4 Å². The van der Waals surface area contributed by atoms with Gasteiger partial charge >= 0.3 is 64.2 Å². The van der Waals surface area contributed by atoms with E-state index in [0.717, 1.165) is 5.69 Å². The number of hydrogen-bond acceptors (Lipinski definition) is 2. The van der Waals surface area contributed by atoms with Gasteiger partial charge in [0.25, 0.3) is 0 Å². The third kappa shape index (κ3) is 0.838. The molecule has 10 heavy (non-hydrogen) atoms. The van der Waals surface area contributed by atoms with E-state index >= 15 is 0 Å². The van der Waals surface area contributed by atoms with E-state index in [1.165, 1.54) is 9.65 Å². The van der Waals surface area contributed by atoms with Crippen LogP contribution in [0.5, 0.6) is 0 Å². The third-order valence-electron chi connectivity index (χ3n) is 1.38. The quantitative estimate of drug-likeness (QED) is 0.502. The number of nitrogens with two attached hydrogens (primary N) is 1. The molecule has 0 bridgehead atoms. The van der Waals surface area contributed by atoms with Crippen LogP contribution < -0.4 is 5.73 Å². The molecule has 0 fully saturated rings. The molecule has 0 saturated carbocycles. The Kier molecular flexibility index (Phi) is 1.26. The van der Waals surface area contributed by atoms with Crippen LogP contribution in [0, 0.1) is 0 Å². The number of aromatic nitrogens is 1. The molecule has 0 aliphatic rings. The topological polar surface area (TPSA) is 38.9 Å². The van der Waals surface area contributed by atoms with Crippen LogP contribution in [0.2, 0.25) is 0 Å². The van der Waals surface area contributed by atoms with Crippen LogP contribution in [-0.4, -0.2) is 18.7 Å². The molecular weight excluding hydrogens is 191 g/mol. The van der Waals surface area contributed by atoms with Crippen molar-refractivity contribution in [1.29, 1.82) is 0 Å². The van der Waals surface area contributed by atoms with Gasteiger partial charge in [-0.1, -0.05) is 0 Å². The molecule has 0 spiro atoms. The SMILES string of the molecule is Nc1ccc2[se]ncc2c1. The first kappa shape index (κ1) is 5.95. The second-order valence-electron chi connectivity index (χ2n) is 2.12. The van der Waals surface area contributed by atoms with Gasteiger partial charge < -0.3 is 0 Å². The van der Waals surface area contributed by atoms with Crippen LogP contribution in [-0.2, 0) is 0 Å². The van der Waals surface area contributed by atoms with Gasteiger partial charge in [-0.2, -0.15) is 0 Å². The number of hydrogen-bond donors (Lipinski definition) is 1. The van der Waals surface area contributed by atoms with Crippen molar-refractivity contribution in [2.45, 2.75) is 0 Å². The molecule has 2 nitrogen and oxygen atoms in total. The van der Waals surface area contributed by atoms with Crippen molar-refractivity contribution in [3.63, 3.8) is 0 Å². The molecule has 2 rings (SSSR count). The number of nitrogen functional groups attached to an aromatic ring is 1. The molecule has 2 aromatic rings. The predicted octanol–water partition coefficient (Wildman–Crippen LogP) is 0.874. The monoisotopic (exact) mass is 198 g/mol. The zero-order valence-electron chi connectivity index (χ0n) is 5.24. The van der Waals surface area contributed by atoms with E-state index in [9.17, 15) is 0 Å². The molecule has 50 valence electrons. The fourth-order valence-corrected chi connectivity index (χ4v) is 2.20. The Morgan fingerprint density at radius 2 is 2.30 bits per heavy atom. The van der Waals surface area contributed by atoms with E-state index in [1.807, 2.05) is 18.3 Å². The molecule has 1 aromatic heterocycles. The molecule has 0 amide bonds. The molecule has 3 heteroatoms. The van der Waals surface area contributed by atoms with Gasteiger partial charge in [-0.05, 0) is 0 Å². The van der Waals surface area contributed by atoms with Gasteiger partial charge in [0.1, 0.15) is 0 Å². The summed E-state index contributed by atoms with van der Waals surface area (Å²) in [4.78, 5) is 0. The number of fused-ring (bicyclic) bond motifs is 1. The number of anilines is 1. The molecule has 1 heterocycles. The Bertz CT molecular complexity index is 353. The van der Waals surface area contributed by atoms with Crippen LogP contribution in [0.3, 0.4) is 0 Å². The summed E-state index contributed by atoms with van der Waals surface area (Å²) in [5, 5.41) is 1.19. The summed E-state index contributed by atoms with van der Waals surface area (Å²) in [6.07, 6.45) is 1.89. The normalized spacial score (nSPS) is 10.4. The average molecular weight is 197 g/mol. The van der Waals surface area contributed by atoms with Gasteiger partial charge in [-0.3, -0.25) is 0 Å². The standard InChI is InChI=1S/C7H6N2Se/c8-6-1-2-7-5(3-6)4-9-10-7/h1-4H,8H2. The molecular formula is C7H6N2Se. The van der Waals surface area contributed by atoms with Gasteiger partial charge in [0.05, 0.1) is 0 Å². The first-order valence-electron chi connectivity index (χ1n) is 2.96. The summed E-state index contributed by atoms with van der Waals surface area (Å²) in [7, 11) is 0. The van der Waals surface area contributed by atoms with Crippen molar-refractivity contribution in [3.8, 4) is 0 Å². The second kappa shape index (κ2) is 2.11. The minimum atomic E-state index is 0.309. The summed E-state index contributed by atoms with van der Waals surface area (Å²) in [6, 6.07) is 5.94. The van der Waals surface area contributed by atoms with Gasteiger partial charge in [0.2, 0.25) is 0 Å². The summed E-state index contributed by atoms with van der Waals surface area (Å²) in [5.74, 6) is 0. The molecule has 0 aliphatic carbocycles. The summed E-state index contributed by atoms with van der Waals surface area (Å²) in [5.41, 5.74) is 6.40. The minimum absolute atomic E-state index is 0.309. The molecule has 0 saturated heterocycles. The molecule has 0 atom stereocenters. The van der Waals surface area contributed by atoms with Crippen molar-refractivity contribution in [2.24, 2.45) is 0 Å². The summed E-state index contributed by atoms with van der Waals surface area (Å²) in [6.45, 7) is 0. The predicted molar refractivity (Wildman–Crippen MR) is 43.1 cm³/mol. The first-order chi connectivity index (χ1) is 4.86. The van der Waals surface area contributed by atoms with Gasteiger partial charge in [0, 0.05) is 0 Å². The third-order valence-corrected chi connectivity index (χ3v) is 3.01. The van der Waals surface area contributed by atoms with E-state index < -0.39 is 0 Å². The fraction of sp³-hybridized carbons (Fsp3) is 0. The van der Waals surface area contributed by atoms with Crippen molar-refractivity contribution in [2.75, 3.05) is 5.73 Å². The Hall–Kier alpha value is -0.791. The molecule has 0 unspecified atom stereocenters. The van der Waals surface area contributed by atoms with E-state index in [2.05, 4.69) is 10.0 Å². The zero-order chi connectivity index (χ0) is 6.97. The van der Waals surface area contributed by atoms with E-state index in [0.29, 0.717) is 14.7 Å². The molecule has 2 N–H and O–H groups in total. The second-order valence-corrected chi connectivity index (χ2v) is 3.87. The van der Waals surface area contributed by atoms with Crippen molar-refractivity contribution < 1.29 is 0 Å². The Balaban J connectivity index is 2.86. The van der Waals surface area contributed by atoms with Crippen LogP contribution >= 0.6 is 0 Å². The summed E-state index contributed by atoms with van der Waals surface area (Å²) >= 11 is 0.309.